The molecule has 0 bridgehead atoms. The zero-order chi connectivity index (χ0) is 15.7. The summed E-state index contributed by atoms with van der Waals surface area (Å²) in [5.41, 5.74) is 4.46. The number of fused-ring (bicyclic) bond motifs is 1. The molecule has 112 valence electrons. The van der Waals surface area contributed by atoms with Gasteiger partial charge in [-0.15, -0.1) is 0 Å². The van der Waals surface area contributed by atoms with Gasteiger partial charge in [-0.25, -0.2) is 0 Å². The number of aryl methyl sites for hydroxylation is 1. The molecule has 2 unspecified atom stereocenters. The number of aliphatic hydroxyl groups excluding tert-OH is 1. The fourth-order valence-corrected chi connectivity index (χ4v) is 2.71. The Morgan fingerprint density at radius 1 is 1.27 bits per heavy atom. The molecule has 2 N–H and O–H groups in total. The summed E-state index contributed by atoms with van der Waals surface area (Å²) in [7, 11) is 0. The summed E-state index contributed by atoms with van der Waals surface area (Å²) in [6, 6.07) is 13.2. The molecular formula is C18H18N2O2. The van der Waals surface area contributed by atoms with Gasteiger partial charge in [0.05, 0.1) is 11.8 Å². The molecule has 0 radical (unpaired) electrons. The lowest BCUT2D eigenvalue weighted by atomic mass is 9.97. The molecule has 0 aliphatic carbocycles. The van der Waals surface area contributed by atoms with Gasteiger partial charge in [0.15, 0.2) is 0 Å². The minimum atomic E-state index is -0.534. The molecule has 3 rings (SSSR count). The minimum Gasteiger partial charge on any atom is -0.389 e. The van der Waals surface area contributed by atoms with Gasteiger partial charge in [-0.1, -0.05) is 24.3 Å². The van der Waals surface area contributed by atoms with E-state index in [4.69, 9.17) is 0 Å². The Balaban J connectivity index is 1.91. The van der Waals surface area contributed by atoms with Crippen molar-refractivity contribution in [3.63, 3.8) is 0 Å². The monoisotopic (exact) mass is 294 g/mol. The van der Waals surface area contributed by atoms with Gasteiger partial charge in [0.1, 0.15) is 5.92 Å². The van der Waals surface area contributed by atoms with E-state index in [0.29, 0.717) is 0 Å². The van der Waals surface area contributed by atoms with Crippen molar-refractivity contribution in [1.82, 2.24) is 0 Å². The second kappa shape index (κ2) is 5.73. The summed E-state index contributed by atoms with van der Waals surface area (Å²) in [6.45, 7) is 3.71. The van der Waals surface area contributed by atoms with Crippen molar-refractivity contribution in [3.05, 3.63) is 59.2 Å². The van der Waals surface area contributed by atoms with Crippen molar-refractivity contribution in [2.45, 2.75) is 25.9 Å². The maximum absolute atomic E-state index is 12.1. The van der Waals surface area contributed by atoms with Crippen LogP contribution in [0, 0.1) is 6.92 Å². The number of benzene rings is 2. The molecule has 2 aromatic carbocycles. The first-order valence-electron chi connectivity index (χ1n) is 7.29. The maximum Gasteiger partial charge on any atom is 0.237 e. The van der Waals surface area contributed by atoms with Crippen molar-refractivity contribution in [1.29, 1.82) is 0 Å². The average molecular weight is 294 g/mol. The molecule has 0 aromatic heterocycles. The van der Waals surface area contributed by atoms with Gasteiger partial charge in [-0.05, 0) is 48.7 Å². The molecule has 1 aliphatic rings. The number of carbonyl (C=O) groups is 1. The van der Waals surface area contributed by atoms with Gasteiger partial charge in [-0.2, -0.15) is 0 Å². The molecule has 0 spiro atoms. The van der Waals surface area contributed by atoms with Crippen molar-refractivity contribution < 1.29 is 9.90 Å². The van der Waals surface area contributed by atoms with Crippen LogP contribution in [0.25, 0.3) is 0 Å². The van der Waals surface area contributed by atoms with Crippen LogP contribution in [-0.4, -0.2) is 17.2 Å². The Bertz CT molecular complexity index is 751. The van der Waals surface area contributed by atoms with Crippen LogP contribution in [0.3, 0.4) is 0 Å². The summed E-state index contributed by atoms with van der Waals surface area (Å²) in [5.74, 6) is -0.425. The van der Waals surface area contributed by atoms with Crippen molar-refractivity contribution in [2.75, 3.05) is 5.32 Å². The van der Waals surface area contributed by atoms with Crippen molar-refractivity contribution in [3.8, 4) is 0 Å². The van der Waals surface area contributed by atoms with Crippen molar-refractivity contribution >= 4 is 23.5 Å². The standard InChI is InChI=1S/C18H18N2O2/c1-11-5-3-8-16-17(11)15(18(22)20-16)10-19-14-7-4-6-13(9-14)12(2)21/h3-10,12,15,21H,1-2H3,(H,20,22). The van der Waals surface area contributed by atoms with E-state index >= 15 is 0 Å². The van der Waals surface area contributed by atoms with Crippen LogP contribution in [0.1, 0.15) is 35.6 Å². The summed E-state index contributed by atoms with van der Waals surface area (Å²) < 4.78 is 0. The molecular weight excluding hydrogens is 276 g/mol. The number of hydrogen-bond acceptors (Lipinski definition) is 3. The van der Waals surface area contributed by atoms with E-state index in [1.165, 1.54) is 0 Å². The maximum atomic E-state index is 12.1. The fraction of sp³-hybridized carbons (Fsp3) is 0.222. The Hall–Kier alpha value is -2.46. The highest BCUT2D eigenvalue weighted by atomic mass is 16.3. The van der Waals surface area contributed by atoms with Gasteiger partial charge < -0.3 is 10.4 Å². The molecule has 0 saturated carbocycles. The molecule has 4 nitrogen and oxygen atoms in total. The lowest BCUT2D eigenvalue weighted by molar-refractivity contribution is -0.115. The molecule has 22 heavy (non-hydrogen) atoms. The van der Waals surface area contributed by atoms with Crippen molar-refractivity contribution in [2.24, 2.45) is 4.99 Å². The van der Waals surface area contributed by atoms with E-state index in [1.54, 1.807) is 13.1 Å². The number of carbonyl (C=O) groups excluding carboxylic acids is 1. The van der Waals surface area contributed by atoms with Gasteiger partial charge >= 0.3 is 0 Å². The van der Waals surface area contributed by atoms with E-state index < -0.39 is 6.10 Å². The quantitative estimate of drug-likeness (QED) is 0.851. The average Bonchev–Trinajstić information content (AvgIpc) is 2.82. The highest BCUT2D eigenvalue weighted by Crippen LogP contribution is 2.34. The molecule has 2 atom stereocenters. The van der Waals surface area contributed by atoms with Gasteiger partial charge in [0.25, 0.3) is 0 Å². The Labute approximate surface area is 129 Å². The van der Waals surface area contributed by atoms with E-state index in [0.717, 1.165) is 28.1 Å². The summed E-state index contributed by atoms with van der Waals surface area (Å²) in [5, 5.41) is 12.5. The predicted molar refractivity (Wildman–Crippen MR) is 87.8 cm³/mol. The molecule has 2 aromatic rings. The van der Waals surface area contributed by atoms with E-state index in [2.05, 4.69) is 10.3 Å². The molecule has 4 heteroatoms. The number of aliphatic imine (C=N–C) groups is 1. The molecule has 0 saturated heterocycles. The lowest BCUT2D eigenvalue weighted by Gasteiger charge is -2.07. The third-order valence-electron chi connectivity index (χ3n) is 3.90. The smallest absolute Gasteiger partial charge is 0.237 e. The van der Waals surface area contributed by atoms with Crippen LogP contribution in [0.5, 0.6) is 0 Å². The molecule has 1 heterocycles. The second-order valence-corrected chi connectivity index (χ2v) is 5.55. The summed E-state index contributed by atoms with van der Waals surface area (Å²) >= 11 is 0. The Morgan fingerprint density at radius 2 is 2.05 bits per heavy atom. The number of anilines is 1. The van der Waals surface area contributed by atoms with Gasteiger partial charge in [0.2, 0.25) is 5.91 Å². The highest BCUT2D eigenvalue weighted by Gasteiger charge is 2.30. The van der Waals surface area contributed by atoms with E-state index in [9.17, 15) is 9.90 Å². The summed E-state index contributed by atoms with van der Waals surface area (Å²) in [4.78, 5) is 16.6. The number of rotatable bonds is 3. The van der Waals surface area contributed by atoms with E-state index in [-0.39, 0.29) is 11.8 Å². The number of nitrogens with zero attached hydrogens (tertiary/aromatic N) is 1. The zero-order valence-corrected chi connectivity index (χ0v) is 12.6. The number of aliphatic hydroxyl groups is 1. The van der Waals surface area contributed by atoms with Crippen LogP contribution >= 0.6 is 0 Å². The first-order chi connectivity index (χ1) is 10.6. The SMILES string of the molecule is Cc1cccc2c1C(C=Nc1cccc(C(C)O)c1)C(=O)N2. The van der Waals surface area contributed by atoms with Crippen LogP contribution in [0.2, 0.25) is 0 Å². The lowest BCUT2D eigenvalue weighted by Crippen LogP contribution is -2.13. The van der Waals surface area contributed by atoms with Gasteiger partial charge in [0, 0.05) is 11.9 Å². The zero-order valence-electron chi connectivity index (χ0n) is 12.6. The van der Waals surface area contributed by atoms with Crippen LogP contribution in [0.15, 0.2) is 47.5 Å². The predicted octanol–water partition coefficient (Wildman–Crippen LogP) is 3.49. The van der Waals surface area contributed by atoms with Gasteiger partial charge in [-0.3, -0.25) is 9.79 Å². The summed E-state index contributed by atoms with van der Waals surface area (Å²) in [6.07, 6.45) is 1.14. The Kier molecular flexibility index (Phi) is 3.77. The third kappa shape index (κ3) is 2.65. The minimum absolute atomic E-state index is 0.0558. The van der Waals surface area contributed by atoms with E-state index in [1.807, 2.05) is 49.4 Å². The molecule has 1 amide bonds. The first-order valence-corrected chi connectivity index (χ1v) is 7.29. The third-order valence-corrected chi connectivity index (χ3v) is 3.90. The number of amides is 1. The Morgan fingerprint density at radius 3 is 2.82 bits per heavy atom. The topological polar surface area (TPSA) is 61.7 Å². The normalized spacial score (nSPS) is 18.3. The molecule has 1 aliphatic heterocycles. The fourth-order valence-electron chi connectivity index (χ4n) is 2.71. The second-order valence-electron chi connectivity index (χ2n) is 5.55. The largest absolute Gasteiger partial charge is 0.389 e. The number of nitrogens with one attached hydrogen (secondary N) is 1. The molecule has 0 fully saturated rings. The van der Waals surface area contributed by atoms with Crippen LogP contribution in [0.4, 0.5) is 11.4 Å². The number of hydrogen-bond donors (Lipinski definition) is 2. The highest BCUT2D eigenvalue weighted by molar-refractivity contribution is 6.13. The van der Waals surface area contributed by atoms with Crippen LogP contribution in [-0.2, 0) is 4.79 Å². The van der Waals surface area contributed by atoms with Crippen LogP contribution < -0.4 is 5.32 Å². The first kappa shape index (κ1) is 14.5.